The van der Waals surface area contributed by atoms with Crippen LogP contribution in [0.4, 0.5) is 0 Å². The van der Waals surface area contributed by atoms with Crippen molar-refractivity contribution >= 4 is 16.6 Å². The molecule has 2 unspecified atom stereocenters. The zero-order valence-electron chi connectivity index (χ0n) is 29.8. The highest BCUT2D eigenvalue weighted by Crippen LogP contribution is 2.23. The largest absolute Gasteiger partial charge is 0.508 e. The lowest BCUT2D eigenvalue weighted by Crippen LogP contribution is -2.38. The van der Waals surface area contributed by atoms with Crippen molar-refractivity contribution in [2.24, 2.45) is 0 Å². The highest BCUT2D eigenvalue weighted by molar-refractivity contribution is 6.73. The molecule has 0 fully saturated rings. The Labute approximate surface area is 273 Å². The van der Waals surface area contributed by atoms with Gasteiger partial charge in [-0.3, -0.25) is 0 Å². The molecule has 0 heterocycles. The molecule has 4 nitrogen and oxygen atoms in total. The molecule has 0 saturated carbocycles. The van der Waals surface area contributed by atoms with Crippen molar-refractivity contribution in [3.8, 4) is 11.5 Å². The lowest BCUT2D eigenvalue weighted by molar-refractivity contribution is 0.391. The summed E-state index contributed by atoms with van der Waals surface area (Å²) < 4.78 is 11.1. The fourth-order valence-corrected chi connectivity index (χ4v) is 8.22. The van der Waals surface area contributed by atoms with Gasteiger partial charge in [-0.05, 0) is 102 Å². The molecule has 2 atom stereocenters. The summed E-state index contributed by atoms with van der Waals surface area (Å²) in [7, 11) is 0.937. The van der Waals surface area contributed by atoms with Gasteiger partial charge in [-0.15, -0.1) is 0 Å². The Bertz CT molecular complexity index is 1060. The highest BCUT2D eigenvalue weighted by Gasteiger charge is 2.29. The minimum absolute atomic E-state index is 0.330. The van der Waals surface area contributed by atoms with Crippen LogP contribution in [0, 0.1) is 0 Å². The van der Waals surface area contributed by atoms with Crippen molar-refractivity contribution in [2.45, 2.75) is 117 Å². The molecule has 0 aliphatic heterocycles. The van der Waals surface area contributed by atoms with Crippen LogP contribution in [0.15, 0.2) is 78.9 Å². The van der Waals surface area contributed by atoms with Gasteiger partial charge >= 0.3 is 0 Å². The predicted octanol–water partition coefficient (Wildman–Crippen LogP) is 11.5. The van der Waals surface area contributed by atoms with E-state index in [2.05, 4.69) is 92.3 Å². The summed E-state index contributed by atoms with van der Waals surface area (Å²) in [5.74, 6) is 1.98. The van der Waals surface area contributed by atoms with Crippen molar-refractivity contribution in [1.82, 2.24) is 0 Å². The van der Waals surface area contributed by atoms with Gasteiger partial charge in [0.25, 0.3) is 0 Å². The highest BCUT2D eigenvalue weighted by atomic mass is 28.4. The number of hydrogen-bond acceptors (Lipinski definition) is 4. The summed E-state index contributed by atoms with van der Waals surface area (Å²) in [6.07, 6.45) is 2.37. The summed E-state index contributed by atoms with van der Waals surface area (Å²) in [6, 6.07) is 31.3. The van der Waals surface area contributed by atoms with Crippen molar-refractivity contribution in [3.05, 3.63) is 95.6 Å². The molecule has 0 spiro atoms. The Balaban J connectivity index is 0.000000576. The number of aromatic hydroxyl groups is 2. The standard InChI is InChI=1S/C12H20O2Si.C10H14O.C10H14.C6H16OSi/c1-4-15(5-2,14-3)10-11-6-8-12(13)9-7-11;1-3-8(2)9-4-6-10(11)7-5-9;1-3-9(2)10-7-5-4-6-8-10;1-5-8(4,6-2)7-3/h6-9,13H,4-5,10H2,1-3H3;4-8,11H,3H2,1-2H3;4-9H,3H2,1-2H3;5-6H2,1-4H3. The van der Waals surface area contributed by atoms with Crippen molar-refractivity contribution in [3.63, 3.8) is 0 Å². The molecule has 0 bridgehead atoms. The topological polar surface area (TPSA) is 58.9 Å². The van der Waals surface area contributed by atoms with Gasteiger partial charge in [-0.1, -0.05) is 110 Å². The lowest BCUT2D eigenvalue weighted by Gasteiger charge is -2.27. The van der Waals surface area contributed by atoms with Gasteiger partial charge in [0.2, 0.25) is 0 Å². The molecule has 3 aromatic carbocycles. The second-order valence-electron chi connectivity index (χ2n) is 11.9. The van der Waals surface area contributed by atoms with E-state index in [1.165, 1.54) is 35.2 Å². The zero-order chi connectivity index (χ0) is 33.6. The third-order valence-electron chi connectivity index (χ3n) is 9.23. The Morgan fingerprint density at radius 3 is 1.30 bits per heavy atom. The quantitative estimate of drug-likeness (QED) is 0.193. The van der Waals surface area contributed by atoms with Crippen LogP contribution in [0.3, 0.4) is 0 Å². The van der Waals surface area contributed by atoms with E-state index in [0.29, 0.717) is 23.3 Å². The smallest absolute Gasteiger partial charge is 0.196 e. The first-order chi connectivity index (χ1) is 20.9. The van der Waals surface area contributed by atoms with Gasteiger partial charge in [0.15, 0.2) is 16.6 Å². The number of hydrogen-bond donors (Lipinski definition) is 2. The summed E-state index contributed by atoms with van der Waals surface area (Å²) in [6.45, 7) is 19.9. The van der Waals surface area contributed by atoms with Crippen LogP contribution in [0.5, 0.6) is 11.5 Å². The molecule has 0 radical (unpaired) electrons. The monoisotopic (exact) mass is 640 g/mol. The number of phenolic OH excluding ortho intramolecular Hbond substituents is 2. The average Bonchev–Trinajstić information content (AvgIpc) is 3.08. The van der Waals surface area contributed by atoms with E-state index in [9.17, 15) is 5.11 Å². The van der Waals surface area contributed by atoms with E-state index in [1.807, 2.05) is 38.5 Å². The molecule has 6 heteroatoms. The van der Waals surface area contributed by atoms with E-state index in [0.717, 1.165) is 24.6 Å². The van der Waals surface area contributed by atoms with Crippen LogP contribution in [-0.4, -0.2) is 41.1 Å². The Hall–Kier alpha value is -2.39. The molecule has 3 rings (SSSR count). The summed E-state index contributed by atoms with van der Waals surface area (Å²) in [5.41, 5.74) is 4.01. The second-order valence-corrected chi connectivity index (χ2v) is 21.2. The van der Waals surface area contributed by atoms with Gasteiger partial charge in [0.05, 0.1) is 0 Å². The van der Waals surface area contributed by atoms with E-state index < -0.39 is 16.6 Å². The Morgan fingerprint density at radius 2 is 0.977 bits per heavy atom. The van der Waals surface area contributed by atoms with Crippen molar-refractivity contribution in [1.29, 1.82) is 0 Å². The van der Waals surface area contributed by atoms with E-state index in [1.54, 1.807) is 24.3 Å². The maximum absolute atomic E-state index is 9.21. The molecule has 0 saturated heterocycles. The molecule has 44 heavy (non-hydrogen) atoms. The number of phenols is 2. The zero-order valence-corrected chi connectivity index (χ0v) is 31.8. The van der Waals surface area contributed by atoms with Crippen LogP contribution in [0.2, 0.25) is 30.7 Å². The average molecular weight is 641 g/mol. The summed E-state index contributed by atoms with van der Waals surface area (Å²) in [4.78, 5) is 0. The normalized spacial score (nSPS) is 12.3. The van der Waals surface area contributed by atoms with E-state index >= 15 is 0 Å². The first-order valence-electron chi connectivity index (χ1n) is 16.6. The summed E-state index contributed by atoms with van der Waals surface area (Å²) in [5, 5.41) is 18.2. The first-order valence-corrected chi connectivity index (χ1v) is 22.0. The van der Waals surface area contributed by atoms with Crippen molar-refractivity contribution < 1.29 is 19.1 Å². The fourth-order valence-electron chi connectivity index (χ4n) is 4.44. The number of benzene rings is 3. The molecule has 0 aromatic heterocycles. The third-order valence-corrected chi connectivity index (χ3v) is 17.7. The third kappa shape index (κ3) is 16.1. The van der Waals surface area contributed by atoms with Gasteiger partial charge in [0, 0.05) is 14.2 Å². The molecule has 248 valence electrons. The molecule has 0 aliphatic rings. The van der Waals surface area contributed by atoms with E-state index in [4.69, 9.17) is 14.0 Å². The predicted molar refractivity (Wildman–Crippen MR) is 197 cm³/mol. The fraction of sp³-hybridized carbons (Fsp3) is 0.526. The van der Waals surface area contributed by atoms with Crippen LogP contribution >= 0.6 is 0 Å². The molecular weight excluding hydrogens is 577 g/mol. The van der Waals surface area contributed by atoms with Crippen LogP contribution in [0.25, 0.3) is 0 Å². The molecule has 2 N–H and O–H groups in total. The Kier molecular flexibility index (Phi) is 21.8. The van der Waals surface area contributed by atoms with Gasteiger partial charge in [0.1, 0.15) is 11.5 Å². The molecular formula is C38H64O4Si2. The van der Waals surface area contributed by atoms with Gasteiger partial charge < -0.3 is 19.1 Å². The molecule has 0 amide bonds. The molecule has 3 aromatic rings. The SMILES string of the molecule is CCC(C)c1ccc(O)cc1.CCC(C)c1ccccc1.CC[Si](C)(CC)OC.CC[Si](CC)(Cc1ccc(O)cc1)OC. The number of rotatable bonds is 12. The molecule has 0 aliphatic carbocycles. The minimum Gasteiger partial charge on any atom is -0.508 e. The Morgan fingerprint density at radius 1 is 0.568 bits per heavy atom. The lowest BCUT2D eigenvalue weighted by atomic mass is 9.99. The van der Waals surface area contributed by atoms with E-state index in [-0.39, 0.29) is 0 Å². The first kappa shape index (κ1) is 41.6. The van der Waals surface area contributed by atoms with Crippen LogP contribution < -0.4 is 0 Å². The summed E-state index contributed by atoms with van der Waals surface area (Å²) >= 11 is 0. The van der Waals surface area contributed by atoms with Gasteiger partial charge in [-0.2, -0.15) is 0 Å². The van der Waals surface area contributed by atoms with Crippen molar-refractivity contribution in [2.75, 3.05) is 14.2 Å². The van der Waals surface area contributed by atoms with Gasteiger partial charge in [-0.25, -0.2) is 0 Å². The minimum atomic E-state index is -1.56. The maximum atomic E-state index is 9.21. The van der Waals surface area contributed by atoms with Crippen LogP contribution in [0.1, 0.15) is 96.8 Å². The van der Waals surface area contributed by atoms with Crippen LogP contribution in [-0.2, 0) is 14.9 Å². The second kappa shape index (κ2) is 23.0. The maximum Gasteiger partial charge on any atom is 0.196 e.